The van der Waals surface area contributed by atoms with Crippen molar-refractivity contribution in [2.45, 2.75) is 16.4 Å². The Bertz CT molecular complexity index is 1100. The maximum atomic E-state index is 12.7. The van der Waals surface area contributed by atoms with E-state index in [0.29, 0.717) is 4.21 Å². The van der Waals surface area contributed by atoms with Gasteiger partial charge in [-0.2, -0.15) is 0 Å². The molecule has 0 aliphatic rings. The van der Waals surface area contributed by atoms with Gasteiger partial charge in [-0.15, -0.1) is 11.3 Å². The van der Waals surface area contributed by atoms with Gasteiger partial charge in [0.1, 0.15) is 9.86 Å². The predicted octanol–water partition coefficient (Wildman–Crippen LogP) is 4.31. The fourth-order valence-corrected chi connectivity index (χ4v) is 5.48. The molecule has 0 amide bonds. The zero-order chi connectivity index (χ0) is 16.0. The number of pyridine rings is 1. The number of aromatic amines is 1. The Morgan fingerprint density at radius 1 is 1.13 bits per heavy atom. The zero-order valence-corrected chi connectivity index (χ0v) is 14.0. The number of nitrogens with zero attached hydrogens (tertiary/aromatic N) is 1. The quantitative estimate of drug-likeness (QED) is 0.603. The number of thiophene rings is 1. The normalized spacial score (nSPS) is 13.6. The molecule has 1 aromatic carbocycles. The van der Waals surface area contributed by atoms with Crippen molar-refractivity contribution in [2.24, 2.45) is 0 Å². The van der Waals surface area contributed by atoms with Crippen molar-refractivity contribution in [1.82, 2.24) is 9.97 Å². The molecule has 23 heavy (non-hydrogen) atoms. The molecule has 0 aliphatic heterocycles. The second-order valence-electron chi connectivity index (χ2n) is 5.45. The molecule has 0 radical (unpaired) electrons. The zero-order valence-electron chi connectivity index (χ0n) is 12.4. The first-order valence-corrected chi connectivity index (χ1v) is 9.64. The summed E-state index contributed by atoms with van der Waals surface area (Å²) < 4.78 is 25.9. The molecular weight excluding hydrogens is 328 g/mol. The molecule has 0 bridgehead atoms. The molecule has 0 saturated heterocycles. The highest BCUT2D eigenvalue weighted by Crippen LogP contribution is 2.33. The minimum atomic E-state index is -3.36. The summed E-state index contributed by atoms with van der Waals surface area (Å²) in [7, 11) is -3.36. The molecule has 0 spiro atoms. The Morgan fingerprint density at radius 2 is 2.00 bits per heavy atom. The van der Waals surface area contributed by atoms with Crippen LogP contribution in [-0.2, 0) is 9.84 Å². The maximum absolute atomic E-state index is 12.7. The van der Waals surface area contributed by atoms with E-state index in [2.05, 4.69) is 9.97 Å². The second-order valence-corrected chi connectivity index (χ2v) is 8.89. The Kier molecular flexibility index (Phi) is 3.25. The van der Waals surface area contributed by atoms with Crippen molar-refractivity contribution < 1.29 is 8.42 Å². The van der Waals surface area contributed by atoms with E-state index in [4.69, 9.17) is 0 Å². The molecule has 4 aromatic rings. The first kappa shape index (κ1) is 14.4. The van der Waals surface area contributed by atoms with Crippen LogP contribution in [0.1, 0.15) is 17.7 Å². The Balaban J connectivity index is 1.87. The van der Waals surface area contributed by atoms with Crippen LogP contribution in [-0.4, -0.2) is 18.4 Å². The van der Waals surface area contributed by atoms with Gasteiger partial charge < -0.3 is 4.98 Å². The molecule has 1 unspecified atom stereocenters. The third kappa shape index (κ3) is 2.26. The number of nitrogens with one attached hydrogen (secondary N) is 1. The average Bonchev–Trinajstić information content (AvgIpc) is 3.21. The van der Waals surface area contributed by atoms with E-state index in [1.165, 1.54) is 11.3 Å². The SMILES string of the molecule is CC(c1ccc2[nH]c3ncccc3c2c1)S(=O)(=O)c1cccs1. The Morgan fingerprint density at radius 3 is 2.78 bits per heavy atom. The minimum absolute atomic E-state index is 0.408. The van der Waals surface area contributed by atoms with Crippen molar-refractivity contribution in [3.8, 4) is 0 Å². The summed E-state index contributed by atoms with van der Waals surface area (Å²) in [5.41, 5.74) is 2.56. The lowest BCUT2D eigenvalue weighted by atomic mass is 10.1. The number of hydrogen-bond donors (Lipinski definition) is 1. The second kappa shape index (κ2) is 5.18. The molecule has 3 heterocycles. The van der Waals surface area contributed by atoms with Crippen molar-refractivity contribution in [3.05, 3.63) is 59.6 Å². The molecule has 0 saturated carbocycles. The molecule has 0 fully saturated rings. The van der Waals surface area contributed by atoms with Crippen LogP contribution in [0.2, 0.25) is 0 Å². The van der Waals surface area contributed by atoms with Gasteiger partial charge in [-0.3, -0.25) is 0 Å². The van der Waals surface area contributed by atoms with Gasteiger partial charge in [-0.05, 0) is 48.2 Å². The van der Waals surface area contributed by atoms with E-state index in [1.54, 1.807) is 30.6 Å². The molecule has 1 N–H and O–H groups in total. The topological polar surface area (TPSA) is 62.8 Å². The molecule has 3 aromatic heterocycles. The lowest BCUT2D eigenvalue weighted by Gasteiger charge is -2.12. The van der Waals surface area contributed by atoms with Crippen LogP contribution < -0.4 is 0 Å². The molecule has 6 heteroatoms. The molecular formula is C17H14N2O2S2. The molecule has 4 rings (SSSR count). The third-order valence-electron chi connectivity index (χ3n) is 4.10. The van der Waals surface area contributed by atoms with Crippen LogP contribution in [0.3, 0.4) is 0 Å². The highest BCUT2D eigenvalue weighted by atomic mass is 32.2. The van der Waals surface area contributed by atoms with Gasteiger partial charge in [0, 0.05) is 22.5 Å². The molecule has 0 aliphatic carbocycles. The van der Waals surface area contributed by atoms with E-state index in [1.807, 2.05) is 30.3 Å². The number of benzene rings is 1. The van der Waals surface area contributed by atoms with Gasteiger partial charge in [0.15, 0.2) is 9.84 Å². The largest absolute Gasteiger partial charge is 0.339 e. The fourth-order valence-electron chi connectivity index (χ4n) is 2.78. The first-order chi connectivity index (χ1) is 11.1. The monoisotopic (exact) mass is 342 g/mol. The van der Waals surface area contributed by atoms with Crippen molar-refractivity contribution in [3.63, 3.8) is 0 Å². The van der Waals surface area contributed by atoms with Crippen molar-refractivity contribution in [1.29, 1.82) is 0 Å². The predicted molar refractivity (Wildman–Crippen MR) is 93.5 cm³/mol. The summed E-state index contributed by atoms with van der Waals surface area (Å²) in [5.74, 6) is 0. The standard InChI is InChI=1S/C17H14N2O2S2/c1-11(23(20,21)16-5-3-9-22-16)12-6-7-15-14(10-12)13-4-2-8-18-17(13)19-15/h2-11H,1H3,(H,18,19). The van der Waals surface area contributed by atoms with Gasteiger partial charge >= 0.3 is 0 Å². The lowest BCUT2D eigenvalue weighted by molar-refractivity contribution is 0.588. The number of rotatable bonds is 3. The number of hydrogen-bond acceptors (Lipinski definition) is 4. The smallest absolute Gasteiger partial charge is 0.194 e. The van der Waals surface area contributed by atoms with Crippen LogP contribution in [0.15, 0.2) is 58.3 Å². The highest BCUT2D eigenvalue weighted by molar-refractivity contribution is 7.93. The Hall–Kier alpha value is -2.18. The Labute approximate surface area is 137 Å². The number of aromatic nitrogens is 2. The first-order valence-electron chi connectivity index (χ1n) is 7.21. The number of sulfone groups is 1. The van der Waals surface area contributed by atoms with Gasteiger partial charge in [0.05, 0.1) is 5.25 Å². The van der Waals surface area contributed by atoms with Gasteiger partial charge in [0.25, 0.3) is 0 Å². The average molecular weight is 342 g/mol. The summed E-state index contributed by atoms with van der Waals surface area (Å²) >= 11 is 1.26. The molecule has 116 valence electrons. The van der Waals surface area contributed by atoms with E-state index in [-0.39, 0.29) is 0 Å². The molecule has 1 atom stereocenters. The third-order valence-corrected chi connectivity index (χ3v) is 7.65. The number of H-pyrrole nitrogens is 1. The van der Waals surface area contributed by atoms with Crippen LogP contribution in [0.25, 0.3) is 21.9 Å². The van der Waals surface area contributed by atoms with Crippen LogP contribution in [0, 0.1) is 0 Å². The van der Waals surface area contributed by atoms with Crippen molar-refractivity contribution >= 4 is 43.1 Å². The number of fused-ring (bicyclic) bond motifs is 3. The summed E-state index contributed by atoms with van der Waals surface area (Å²) in [6.07, 6.45) is 1.74. The van der Waals surface area contributed by atoms with E-state index in [9.17, 15) is 8.42 Å². The van der Waals surface area contributed by atoms with Crippen LogP contribution in [0.5, 0.6) is 0 Å². The summed E-state index contributed by atoms with van der Waals surface area (Å²) in [6.45, 7) is 1.74. The highest BCUT2D eigenvalue weighted by Gasteiger charge is 2.26. The lowest BCUT2D eigenvalue weighted by Crippen LogP contribution is -2.09. The molecule has 4 nitrogen and oxygen atoms in total. The summed E-state index contributed by atoms with van der Waals surface area (Å²) in [6, 6.07) is 13.0. The van der Waals surface area contributed by atoms with Gasteiger partial charge in [-0.25, -0.2) is 13.4 Å². The maximum Gasteiger partial charge on any atom is 0.194 e. The van der Waals surface area contributed by atoms with E-state index >= 15 is 0 Å². The van der Waals surface area contributed by atoms with Crippen molar-refractivity contribution in [2.75, 3.05) is 0 Å². The van der Waals surface area contributed by atoms with E-state index < -0.39 is 15.1 Å². The summed E-state index contributed by atoms with van der Waals surface area (Å²) in [4.78, 5) is 7.56. The van der Waals surface area contributed by atoms with Crippen LogP contribution >= 0.6 is 11.3 Å². The fraction of sp³-hybridized carbons (Fsp3) is 0.118. The van der Waals surface area contributed by atoms with Gasteiger partial charge in [0.2, 0.25) is 0 Å². The summed E-state index contributed by atoms with van der Waals surface area (Å²) in [5, 5.41) is 3.20. The van der Waals surface area contributed by atoms with Gasteiger partial charge in [-0.1, -0.05) is 12.1 Å². The van der Waals surface area contributed by atoms with E-state index in [0.717, 1.165) is 27.5 Å². The minimum Gasteiger partial charge on any atom is -0.339 e. The van der Waals surface area contributed by atoms with Crippen LogP contribution in [0.4, 0.5) is 0 Å².